The molecule has 18 heavy (non-hydrogen) atoms. The largest absolute Gasteiger partial charge is 0.394 e. The summed E-state index contributed by atoms with van der Waals surface area (Å²) in [4.78, 5) is 12.0. The summed E-state index contributed by atoms with van der Waals surface area (Å²) in [7, 11) is 0. The average Bonchev–Trinajstić information content (AvgIpc) is 2.44. The maximum Gasteiger partial charge on any atom is 0.251 e. The van der Waals surface area contributed by atoms with E-state index in [0.717, 1.165) is 19.3 Å². The van der Waals surface area contributed by atoms with Crippen molar-refractivity contribution in [1.82, 2.24) is 5.32 Å². The van der Waals surface area contributed by atoms with Gasteiger partial charge in [0.2, 0.25) is 0 Å². The fraction of sp³-hybridized carbons (Fsp3) is 0.533. The second kappa shape index (κ2) is 6.01. The van der Waals surface area contributed by atoms with Crippen LogP contribution in [0.4, 0.5) is 0 Å². The van der Waals surface area contributed by atoms with Gasteiger partial charge in [0.1, 0.15) is 0 Å². The first-order valence-corrected chi connectivity index (χ1v) is 6.78. The molecule has 3 heteroatoms. The van der Waals surface area contributed by atoms with Crippen molar-refractivity contribution in [1.29, 1.82) is 0 Å². The Kier molecular flexibility index (Phi) is 4.37. The molecule has 0 bridgehead atoms. The molecule has 1 atom stereocenters. The minimum atomic E-state index is -0.145. The summed E-state index contributed by atoms with van der Waals surface area (Å²) in [6.45, 7) is 1.95. The van der Waals surface area contributed by atoms with Gasteiger partial charge >= 0.3 is 0 Å². The maximum absolute atomic E-state index is 12.0. The number of aliphatic hydroxyl groups is 1. The van der Waals surface area contributed by atoms with E-state index in [1.165, 1.54) is 24.0 Å². The number of rotatable bonds is 4. The molecule has 0 spiro atoms. The number of fused-ring (bicyclic) bond motifs is 1. The molecule has 2 N–H and O–H groups in total. The van der Waals surface area contributed by atoms with E-state index >= 15 is 0 Å². The molecule has 0 aliphatic heterocycles. The predicted molar refractivity (Wildman–Crippen MR) is 71.7 cm³/mol. The van der Waals surface area contributed by atoms with Crippen LogP contribution in [0.2, 0.25) is 0 Å². The van der Waals surface area contributed by atoms with Gasteiger partial charge in [0.05, 0.1) is 12.6 Å². The molecule has 2 rings (SSSR count). The zero-order chi connectivity index (χ0) is 13.0. The van der Waals surface area contributed by atoms with Crippen molar-refractivity contribution in [3.05, 3.63) is 34.9 Å². The SMILES string of the molecule is CCC(CO)NC(=O)c1ccc2c(c1)CCCC2. The minimum Gasteiger partial charge on any atom is -0.394 e. The summed E-state index contributed by atoms with van der Waals surface area (Å²) in [5.41, 5.74) is 3.40. The van der Waals surface area contributed by atoms with Crippen LogP contribution in [-0.2, 0) is 12.8 Å². The summed E-state index contributed by atoms with van der Waals surface area (Å²) in [5, 5.41) is 11.9. The molecule has 0 saturated heterocycles. The maximum atomic E-state index is 12.0. The number of amides is 1. The standard InChI is InChI=1S/C15H21NO2/c1-2-14(10-17)16-15(18)13-8-7-11-5-3-4-6-12(11)9-13/h7-9,14,17H,2-6,10H2,1H3,(H,16,18). The minimum absolute atomic E-state index is 0.00677. The Labute approximate surface area is 108 Å². The van der Waals surface area contributed by atoms with Crippen molar-refractivity contribution < 1.29 is 9.90 Å². The zero-order valence-electron chi connectivity index (χ0n) is 10.9. The van der Waals surface area contributed by atoms with Crippen molar-refractivity contribution in [3.8, 4) is 0 Å². The molecule has 1 aromatic rings. The van der Waals surface area contributed by atoms with Gasteiger partial charge in [-0.05, 0) is 55.4 Å². The normalized spacial score (nSPS) is 15.9. The van der Waals surface area contributed by atoms with Gasteiger partial charge in [0.15, 0.2) is 0 Å². The molecule has 1 unspecified atom stereocenters. The molecule has 0 fully saturated rings. The van der Waals surface area contributed by atoms with Gasteiger partial charge in [0, 0.05) is 5.56 Å². The van der Waals surface area contributed by atoms with E-state index < -0.39 is 0 Å². The Morgan fingerprint density at radius 3 is 2.72 bits per heavy atom. The second-order valence-electron chi connectivity index (χ2n) is 4.95. The number of carbonyl (C=O) groups is 1. The molecule has 0 saturated carbocycles. The highest BCUT2D eigenvalue weighted by atomic mass is 16.3. The number of nitrogens with one attached hydrogen (secondary N) is 1. The van der Waals surface area contributed by atoms with E-state index in [0.29, 0.717) is 5.56 Å². The monoisotopic (exact) mass is 247 g/mol. The summed E-state index contributed by atoms with van der Waals surface area (Å²) >= 11 is 0. The summed E-state index contributed by atoms with van der Waals surface area (Å²) in [6.07, 6.45) is 5.42. The Morgan fingerprint density at radius 2 is 2.06 bits per heavy atom. The molecule has 0 radical (unpaired) electrons. The second-order valence-corrected chi connectivity index (χ2v) is 4.95. The van der Waals surface area contributed by atoms with E-state index in [2.05, 4.69) is 11.4 Å². The highest BCUT2D eigenvalue weighted by molar-refractivity contribution is 5.94. The van der Waals surface area contributed by atoms with E-state index in [9.17, 15) is 4.79 Å². The summed E-state index contributed by atoms with van der Waals surface area (Å²) < 4.78 is 0. The first-order chi connectivity index (χ1) is 8.74. The van der Waals surface area contributed by atoms with Crippen LogP contribution in [0, 0.1) is 0 Å². The van der Waals surface area contributed by atoms with Gasteiger partial charge in [-0.1, -0.05) is 13.0 Å². The summed E-state index contributed by atoms with van der Waals surface area (Å²) in [6, 6.07) is 5.83. The van der Waals surface area contributed by atoms with E-state index in [1.807, 2.05) is 19.1 Å². The molecular weight excluding hydrogens is 226 g/mol. The first kappa shape index (κ1) is 13.1. The van der Waals surface area contributed by atoms with Crippen LogP contribution in [0.1, 0.15) is 47.7 Å². The Morgan fingerprint density at radius 1 is 1.33 bits per heavy atom. The lowest BCUT2D eigenvalue weighted by Crippen LogP contribution is -2.37. The van der Waals surface area contributed by atoms with Crippen molar-refractivity contribution in [2.75, 3.05) is 6.61 Å². The van der Waals surface area contributed by atoms with Crippen molar-refractivity contribution >= 4 is 5.91 Å². The molecule has 0 aromatic heterocycles. The van der Waals surface area contributed by atoms with Gasteiger partial charge in [-0.25, -0.2) is 0 Å². The van der Waals surface area contributed by atoms with Crippen molar-refractivity contribution in [2.24, 2.45) is 0 Å². The quantitative estimate of drug-likeness (QED) is 0.855. The molecule has 1 aromatic carbocycles. The Hall–Kier alpha value is -1.35. The number of carbonyl (C=O) groups excluding carboxylic acids is 1. The van der Waals surface area contributed by atoms with E-state index in [1.54, 1.807) is 0 Å². The number of hydrogen-bond donors (Lipinski definition) is 2. The lowest BCUT2D eigenvalue weighted by Gasteiger charge is -2.18. The van der Waals surface area contributed by atoms with Crippen LogP contribution in [0.15, 0.2) is 18.2 Å². The van der Waals surface area contributed by atoms with E-state index in [4.69, 9.17) is 5.11 Å². The highest BCUT2D eigenvalue weighted by Crippen LogP contribution is 2.22. The van der Waals surface area contributed by atoms with Gasteiger partial charge in [0.25, 0.3) is 5.91 Å². The molecular formula is C15H21NO2. The molecule has 1 amide bonds. The Balaban J connectivity index is 2.11. The zero-order valence-corrected chi connectivity index (χ0v) is 10.9. The fourth-order valence-electron chi connectivity index (χ4n) is 2.42. The van der Waals surface area contributed by atoms with Crippen LogP contribution in [0.3, 0.4) is 0 Å². The van der Waals surface area contributed by atoms with Crippen LogP contribution < -0.4 is 5.32 Å². The molecule has 1 aliphatic carbocycles. The molecule has 1 aliphatic rings. The van der Waals surface area contributed by atoms with Gasteiger partial charge in [-0.15, -0.1) is 0 Å². The number of aryl methyl sites for hydroxylation is 2. The highest BCUT2D eigenvalue weighted by Gasteiger charge is 2.14. The van der Waals surface area contributed by atoms with Crippen LogP contribution in [-0.4, -0.2) is 23.7 Å². The fourth-order valence-corrected chi connectivity index (χ4v) is 2.42. The van der Waals surface area contributed by atoms with Gasteiger partial charge < -0.3 is 10.4 Å². The third-order valence-electron chi connectivity index (χ3n) is 3.66. The van der Waals surface area contributed by atoms with Gasteiger partial charge in [-0.2, -0.15) is 0 Å². The lowest BCUT2D eigenvalue weighted by atomic mass is 9.90. The number of hydrogen-bond acceptors (Lipinski definition) is 2. The summed E-state index contributed by atoms with van der Waals surface area (Å²) in [5.74, 6) is -0.0794. The lowest BCUT2D eigenvalue weighted by molar-refractivity contribution is 0.0915. The van der Waals surface area contributed by atoms with Crippen LogP contribution >= 0.6 is 0 Å². The molecule has 0 heterocycles. The topological polar surface area (TPSA) is 49.3 Å². The number of aliphatic hydroxyl groups excluding tert-OH is 1. The van der Waals surface area contributed by atoms with Crippen LogP contribution in [0.5, 0.6) is 0 Å². The first-order valence-electron chi connectivity index (χ1n) is 6.78. The molecule has 3 nitrogen and oxygen atoms in total. The third-order valence-corrected chi connectivity index (χ3v) is 3.66. The number of benzene rings is 1. The van der Waals surface area contributed by atoms with Crippen molar-refractivity contribution in [3.63, 3.8) is 0 Å². The van der Waals surface area contributed by atoms with Gasteiger partial charge in [-0.3, -0.25) is 4.79 Å². The van der Waals surface area contributed by atoms with Crippen molar-refractivity contribution in [2.45, 2.75) is 45.1 Å². The predicted octanol–water partition coefficient (Wildman–Crippen LogP) is 2.07. The average molecular weight is 247 g/mol. The third kappa shape index (κ3) is 2.91. The van der Waals surface area contributed by atoms with Crippen LogP contribution in [0.25, 0.3) is 0 Å². The molecule has 98 valence electrons. The Bertz CT molecular complexity index is 425. The smallest absolute Gasteiger partial charge is 0.251 e. The van der Waals surface area contributed by atoms with E-state index in [-0.39, 0.29) is 18.6 Å².